The number of nitrogens with zero attached hydrogens (tertiary/aromatic N) is 2. The highest BCUT2D eigenvalue weighted by molar-refractivity contribution is 4.93. The van der Waals surface area contributed by atoms with Crippen LogP contribution in [0, 0.1) is 5.92 Å². The Kier molecular flexibility index (Phi) is 3.80. The standard InChI is InChI=1S/C12H22F2N2/c1-9(2)11-7-15-5-3-4-10(15)6-16(11)8-12(13)14/h9-12H,3-8H2,1-2H3. The Morgan fingerprint density at radius 2 is 2.00 bits per heavy atom. The molecule has 16 heavy (non-hydrogen) atoms. The third-order valence-electron chi connectivity index (χ3n) is 3.98. The molecule has 2 unspecified atom stereocenters. The molecule has 2 atom stereocenters. The molecule has 0 N–H and O–H groups in total. The van der Waals surface area contributed by atoms with E-state index in [2.05, 4.69) is 18.7 Å². The third kappa shape index (κ3) is 2.54. The van der Waals surface area contributed by atoms with Gasteiger partial charge in [-0.05, 0) is 25.3 Å². The number of hydrogen-bond donors (Lipinski definition) is 0. The summed E-state index contributed by atoms with van der Waals surface area (Å²) in [5, 5.41) is 0. The van der Waals surface area contributed by atoms with Crippen molar-refractivity contribution in [3.8, 4) is 0 Å². The van der Waals surface area contributed by atoms with Crippen molar-refractivity contribution in [2.24, 2.45) is 5.92 Å². The van der Waals surface area contributed by atoms with E-state index in [0.717, 1.165) is 19.6 Å². The number of hydrogen-bond acceptors (Lipinski definition) is 2. The quantitative estimate of drug-likeness (QED) is 0.735. The lowest BCUT2D eigenvalue weighted by Gasteiger charge is -2.45. The molecule has 4 heteroatoms. The van der Waals surface area contributed by atoms with Gasteiger partial charge in [-0.25, -0.2) is 8.78 Å². The van der Waals surface area contributed by atoms with Crippen LogP contribution in [0.25, 0.3) is 0 Å². The van der Waals surface area contributed by atoms with E-state index in [1.807, 2.05) is 4.90 Å². The van der Waals surface area contributed by atoms with Gasteiger partial charge in [-0.2, -0.15) is 0 Å². The molecule has 94 valence electrons. The molecule has 2 aliphatic heterocycles. The minimum atomic E-state index is -2.20. The Hall–Kier alpha value is -0.220. The third-order valence-corrected chi connectivity index (χ3v) is 3.98. The Bertz CT molecular complexity index is 233. The van der Waals surface area contributed by atoms with Gasteiger partial charge in [-0.1, -0.05) is 13.8 Å². The Labute approximate surface area is 96.6 Å². The molecule has 2 saturated heterocycles. The van der Waals surface area contributed by atoms with Gasteiger partial charge in [0.25, 0.3) is 6.43 Å². The molecule has 2 nitrogen and oxygen atoms in total. The zero-order valence-electron chi connectivity index (χ0n) is 10.2. The molecule has 0 aliphatic carbocycles. The maximum atomic E-state index is 12.5. The summed E-state index contributed by atoms with van der Waals surface area (Å²) in [5.41, 5.74) is 0. The van der Waals surface area contributed by atoms with Crippen molar-refractivity contribution in [1.82, 2.24) is 9.80 Å². The minimum absolute atomic E-state index is 0.0484. The second kappa shape index (κ2) is 4.96. The molecule has 0 aromatic heterocycles. The zero-order chi connectivity index (χ0) is 11.7. The van der Waals surface area contributed by atoms with Crippen LogP contribution in [0.15, 0.2) is 0 Å². The van der Waals surface area contributed by atoms with Crippen LogP contribution in [0.1, 0.15) is 26.7 Å². The van der Waals surface area contributed by atoms with E-state index >= 15 is 0 Å². The molecular formula is C12H22F2N2. The van der Waals surface area contributed by atoms with Crippen LogP contribution in [0.5, 0.6) is 0 Å². The molecule has 2 heterocycles. The van der Waals surface area contributed by atoms with Gasteiger partial charge in [0.1, 0.15) is 0 Å². The van der Waals surface area contributed by atoms with Gasteiger partial charge >= 0.3 is 0 Å². The number of rotatable bonds is 3. The summed E-state index contributed by atoms with van der Waals surface area (Å²) in [6.45, 7) is 7.21. The van der Waals surface area contributed by atoms with Gasteiger partial charge in [0.05, 0.1) is 6.54 Å². The summed E-state index contributed by atoms with van der Waals surface area (Å²) in [6.07, 6.45) is 0.219. The summed E-state index contributed by atoms with van der Waals surface area (Å²) in [4.78, 5) is 4.51. The lowest BCUT2D eigenvalue weighted by molar-refractivity contribution is -0.00912. The van der Waals surface area contributed by atoms with Crippen LogP contribution in [0.4, 0.5) is 8.78 Å². The molecule has 0 saturated carbocycles. The van der Waals surface area contributed by atoms with Crippen LogP contribution in [-0.4, -0.2) is 54.5 Å². The number of alkyl halides is 2. The molecule has 2 rings (SSSR count). The SMILES string of the molecule is CC(C)C1CN2CCCC2CN1CC(F)F. The molecular weight excluding hydrogens is 210 g/mol. The fraction of sp³-hybridized carbons (Fsp3) is 1.00. The summed E-state index contributed by atoms with van der Waals surface area (Å²) in [7, 11) is 0. The van der Waals surface area contributed by atoms with E-state index in [4.69, 9.17) is 0 Å². The molecule has 0 spiro atoms. The Morgan fingerprint density at radius 3 is 2.62 bits per heavy atom. The summed E-state index contributed by atoms with van der Waals surface area (Å²) >= 11 is 0. The topological polar surface area (TPSA) is 6.48 Å². The normalized spacial score (nSPS) is 32.6. The lowest BCUT2D eigenvalue weighted by atomic mass is 9.97. The maximum Gasteiger partial charge on any atom is 0.251 e. The van der Waals surface area contributed by atoms with Gasteiger partial charge in [0.2, 0.25) is 0 Å². The van der Waals surface area contributed by atoms with Gasteiger partial charge in [0.15, 0.2) is 0 Å². The maximum absolute atomic E-state index is 12.5. The van der Waals surface area contributed by atoms with E-state index in [0.29, 0.717) is 18.0 Å². The average Bonchev–Trinajstić information content (AvgIpc) is 2.62. The van der Waals surface area contributed by atoms with Gasteiger partial charge in [-0.3, -0.25) is 9.80 Å². The second-order valence-electron chi connectivity index (χ2n) is 5.45. The zero-order valence-corrected chi connectivity index (χ0v) is 10.2. The fourth-order valence-corrected chi connectivity index (χ4v) is 3.12. The van der Waals surface area contributed by atoms with E-state index in [1.165, 1.54) is 12.8 Å². The first-order valence-corrected chi connectivity index (χ1v) is 6.34. The molecule has 0 aromatic rings. The Morgan fingerprint density at radius 1 is 1.25 bits per heavy atom. The highest BCUT2D eigenvalue weighted by Gasteiger charge is 2.38. The fourth-order valence-electron chi connectivity index (χ4n) is 3.12. The predicted octanol–water partition coefficient (Wildman–Crippen LogP) is 2.06. The first-order chi connectivity index (χ1) is 7.58. The molecule has 0 aromatic carbocycles. The largest absolute Gasteiger partial charge is 0.298 e. The van der Waals surface area contributed by atoms with Crippen molar-refractivity contribution < 1.29 is 8.78 Å². The van der Waals surface area contributed by atoms with Gasteiger partial charge < -0.3 is 0 Å². The van der Waals surface area contributed by atoms with Crippen LogP contribution in [-0.2, 0) is 0 Å². The van der Waals surface area contributed by atoms with E-state index < -0.39 is 6.43 Å². The number of fused-ring (bicyclic) bond motifs is 1. The van der Waals surface area contributed by atoms with E-state index in [1.54, 1.807) is 0 Å². The monoisotopic (exact) mass is 232 g/mol. The lowest BCUT2D eigenvalue weighted by Crippen LogP contribution is -2.58. The molecule has 2 fully saturated rings. The molecule has 0 amide bonds. The van der Waals surface area contributed by atoms with Crippen molar-refractivity contribution in [3.63, 3.8) is 0 Å². The minimum Gasteiger partial charge on any atom is -0.298 e. The van der Waals surface area contributed by atoms with Crippen molar-refractivity contribution in [2.45, 2.75) is 45.2 Å². The molecule has 2 aliphatic rings. The van der Waals surface area contributed by atoms with Crippen LogP contribution in [0.3, 0.4) is 0 Å². The summed E-state index contributed by atoms with van der Waals surface area (Å²) in [5.74, 6) is 0.459. The number of piperazine rings is 1. The highest BCUT2D eigenvalue weighted by Crippen LogP contribution is 2.27. The first-order valence-electron chi connectivity index (χ1n) is 6.34. The van der Waals surface area contributed by atoms with Crippen molar-refractivity contribution in [1.29, 1.82) is 0 Å². The highest BCUT2D eigenvalue weighted by atomic mass is 19.3. The van der Waals surface area contributed by atoms with Gasteiger partial charge in [-0.15, -0.1) is 0 Å². The average molecular weight is 232 g/mol. The summed E-state index contributed by atoms with van der Waals surface area (Å²) < 4.78 is 25.1. The van der Waals surface area contributed by atoms with Crippen molar-refractivity contribution in [3.05, 3.63) is 0 Å². The van der Waals surface area contributed by atoms with E-state index in [-0.39, 0.29) is 6.54 Å². The predicted molar refractivity (Wildman–Crippen MR) is 60.8 cm³/mol. The van der Waals surface area contributed by atoms with Crippen LogP contribution >= 0.6 is 0 Å². The summed E-state index contributed by atoms with van der Waals surface area (Å²) in [6, 6.07) is 0.845. The van der Waals surface area contributed by atoms with Crippen molar-refractivity contribution in [2.75, 3.05) is 26.2 Å². The smallest absolute Gasteiger partial charge is 0.251 e. The van der Waals surface area contributed by atoms with Crippen LogP contribution in [0.2, 0.25) is 0 Å². The van der Waals surface area contributed by atoms with E-state index in [9.17, 15) is 8.78 Å². The van der Waals surface area contributed by atoms with Gasteiger partial charge in [0, 0.05) is 25.2 Å². The Balaban J connectivity index is 2.02. The van der Waals surface area contributed by atoms with Crippen molar-refractivity contribution >= 4 is 0 Å². The number of halogens is 2. The molecule has 0 radical (unpaired) electrons. The second-order valence-corrected chi connectivity index (χ2v) is 5.45. The van der Waals surface area contributed by atoms with Crippen LogP contribution < -0.4 is 0 Å². The molecule has 0 bridgehead atoms. The first kappa shape index (κ1) is 12.2.